The Hall–Kier alpha value is -0.930. The lowest BCUT2D eigenvalue weighted by Gasteiger charge is -2.31. The van der Waals surface area contributed by atoms with Crippen LogP contribution in [0.4, 0.5) is 4.39 Å². The van der Waals surface area contributed by atoms with Crippen molar-refractivity contribution in [2.45, 2.75) is 26.4 Å². The van der Waals surface area contributed by atoms with Crippen LogP contribution in [0.1, 0.15) is 18.1 Å². The van der Waals surface area contributed by atoms with E-state index in [0.717, 1.165) is 37.3 Å². The molecule has 1 fully saturated rings. The van der Waals surface area contributed by atoms with Crippen molar-refractivity contribution in [1.82, 2.24) is 10.2 Å². The Morgan fingerprint density at radius 2 is 2.31 bits per heavy atom. The van der Waals surface area contributed by atoms with Gasteiger partial charge in [0.15, 0.2) is 0 Å². The van der Waals surface area contributed by atoms with Crippen molar-refractivity contribution >= 4 is 0 Å². The third-order valence-corrected chi connectivity index (χ3v) is 3.05. The monoisotopic (exact) mass is 222 g/mol. The second kappa shape index (κ2) is 4.93. The molecule has 16 heavy (non-hydrogen) atoms. The molecule has 1 aliphatic rings. The Kier molecular flexibility index (Phi) is 3.56. The summed E-state index contributed by atoms with van der Waals surface area (Å²) in [7, 11) is 0. The molecule has 1 heterocycles. The van der Waals surface area contributed by atoms with Crippen molar-refractivity contribution in [2.24, 2.45) is 0 Å². The highest BCUT2D eigenvalue weighted by molar-refractivity contribution is 5.24. The molecular weight excluding hydrogens is 203 g/mol. The van der Waals surface area contributed by atoms with Gasteiger partial charge in [-0.15, -0.1) is 0 Å². The normalized spacial score (nSPS) is 22.3. The highest BCUT2D eigenvalue weighted by Gasteiger charge is 2.16. The molecule has 88 valence electrons. The third-order valence-electron chi connectivity index (χ3n) is 3.05. The van der Waals surface area contributed by atoms with Gasteiger partial charge in [-0.05, 0) is 19.9 Å². The van der Waals surface area contributed by atoms with Crippen LogP contribution in [0.15, 0.2) is 18.2 Å². The number of hydrogen-bond donors (Lipinski definition) is 1. The number of nitrogens with one attached hydrogen (secondary N) is 1. The summed E-state index contributed by atoms with van der Waals surface area (Å²) in [5.41, 5.74) is 1.94. The van der Waals surface area contributed by atoms with E-state index in [1.807, 2.05) is 19.1 Å². The first-order valence-electron chi connectivity index (χ1n) is 5.86. The van der Waals surface area contributed by atoms with Gasteiger partial charge in [0.05, 0.1) is 0 Å². The second-order valence-electron chi connectivity index (χ2n) is 4.69. The predicted octanol–water partition coefficient (Wildman–Crippen LogP) is 1.93. The van der Waals surface area contributed by atoms with E-state index in [2.05, 4.69) is 17.1 Å². The molecule has 1 aromatic carbocycles. The smallest absolute Gasteiger partial charge is 0.127 e. The number of piperazine rings is 1. The van der Waals surface area contributed by atoms with E-state index in [1.165, 1.54) is 0 Å². The minimum atomic E-state index is -0.0863. The lowest BCUT2D eigenvalue weighted by Crippen LogP contribution is -2.48. The maximum absolute atomic E-state index is 13.6. The van der Waals surface area contributed by atoms with Crippen LogP contribution in [-0.4, -0.2) is 30.6 Å². The number of aryl methyl sites for hydroxylation is 1. The molecule has 1 N–H and O–H groups in total. The molecule has 0 amide bonds. The Morgan fingerprint density at radius 3 is 3.06 bits per heavy atom. The molecule has 2 nitrogen and oxygen atoms in total. The number of rotatable bonds is 2. The van der Waals surface area contributed by atoms with Crippen LogP contribution in [-0.2, 0) is 6.54 Å². The first-order valence-corrected chi connectivity index (χ1v) is 5.86. The predicted molar refractivity (Wildman–Crippen MR) is 63.9 cm³/mol. The summed E-state index contributed by atoms with van der Waals surface area (Å²) in [6, 6.07) is 5.83. The van der Waals surface area contributed by atoms with Crippen molar-refractivity contribution in [3.05, 3.63) is 35.1 Å². The molecule has 1 saturated heterocycles. The van der Waals surface area contributed by atoms with Crippen LogP contribution in [0.5, 0.6) is 0 Å². The Morgan fingerprint density at radius 1 is 1.50 bits per heavy atom. The Balaban J connectivity index is 2.05. The van der Waals surface area contributed by atoms with Crippen LogP contribution in [0, 0.1) is 12.7 Å². The zero-order chi connectivity index (χ0) is 11.5. The maximum atomic E-state index is 13.6. The van der Waals surface area contributed by atoms with Crippen LogP contribution in [0.3, 0.4) is 0 Å². The van der Waals surface area contributed by atoms with E-state index in [-0.39, 0.29) is 5.82 Å². The number of benzene rings is 1. The first kappa shape index (κ1) is 11.6. The van der Waals surface area contributed by atoms with Gasteiger partial charge in [-0.2, -0.15) is 0 Å². The average Bonchev–Trinajstić information content (AvgIpc) is 2.24. The molecule has 3 heteroatoms. The fraction of sp³-hybridized carbons (Fsp3) is 0.538. The fourth-order valence-corrected chi connectivity index (χ4v) is 2.22. The zero-order valence-corrected chi connectivity index (χ0v) is 9.96. The van der Waals surface area contributed by atoms with Crippen LogP contribution in [0.2, 0.25) is 0 Å². The fourth-order valence-electron chi connectivity index (χ4n) is 2.22. The molecule has 1 atom stereocenters. The van der Waals surface area contributed by atoms with E-state index in [4.69, 9.17) is 0 Å². The van der Waals surface area contributed by atoms with Gasteiger partial charge in [-0.25, -0.2) is 4.39 Å². The van der Waals surface area contributed by atoms with E-state index in [1.54, 1.807) is 6.07 Å². The first-order chi connectivity index (χ1) is 7.65. The minimum Gasteiger partial charge on any atom is -0.312 e. The maximum Gasteiger partial charge on any atom is 0.127 e. The summed E-state index contributed by atoms with van der Waals surface area (Å²) >= 11 is 0. The molecule has 0 saturated carbocycles. The standard InChI is InChI=1S/C13H19FN2/c1-10-3-4-13(14)12(7-10)9-16-6-5-15-11(2)8-16/h3-4,7,11,15H,5-6,8-9H2,1-2H3/t11-/m0/s1. The van der Waals surface area contributed by atoms with Crippen LogP contribution in [0.25, 0.3) is 0 Å². The van der Waals surface area contributed by atoms with Crippen LogP contribution < -0.4 is 5.32 Å². The Labute approximate surface area is 96.5 Å². The van der Waals surface area contributed by atoms with Gasteiger partial charge in [0.1, 0.15) is 5.82 Å². The van der Waals surface area contributed by atoms with Crippen molar-refractivity contribution in [3.8, 4) is 0 Å². The Bertz CT molecular complexity index is 365. The topological polar surface area (TPSA) is 15.3 Å². The lowest BCUT2D eigenvalue weighted by atomic mass is 10.1. The van der Waals surface area contributed by atoms with E-state index in [0.29, 0.717) is 6.04 Å². The van der Waals surface area contributed by atoms with Gasteiger partial charge in [0, 0.05) is 37.8 Å². The third kappa shape index (κ3) is 2.80. The van der Waals surface area contributed by atoms with Gasteiger partial charge in [-0.1, -0.05) is 17.7 Å². The van der Waals surface area contributed by atoms with Gasteiger partial charge in [0.25, 0.3) is 0 Å². The second-order valence-corrected chi connectivity index (χ2v) is 4.69. The molecule has 2 rings (SSSR count). The summed E-state index contributed by atoms with van der Waals surface area (Å²) in [4.78, 5) is 2.30. The van der Waals surface area contributed by atoms with Crippen molar-refractivity contribution in [2.75, 3.05) is 19.6 Å². The molecule has 1 aliphatic heterocycles. The van der Waals surface area contributed by atoms with Crippen LogP contribution >= 0.6 is 0 Å². The summed E-state index contributed by atoms with van der Waals surface area (Å²) in [5.74, 6) is -0.0863. The molecule has 0 radical (unpaired) electrons. The number of hydrogen-bond acceptors (Lipinski definition) is 2. The van der Waals surface area contributed by atoms with E-state index in [9.17, 15) is 4.39 Å². The molecule has 0 unspecified atom stereocenters. The van der Waals surface area contributed by atoms with Gasteiger partial charge < -0.3 is 5.32 Å². The molecule has 1 aromatic rings. The molecule has 0 aliphatic carbocycles. The van der Waals surface area contributed by atoms with Crippen molar-refractivity contribution < 1.29 is 4.39 Å². The summed E-state index contributed by atoms with van der Waals surface area (Å²) < 4.78 is 13.6. The summed E-state index contributed by atoms with van der Waals surface area (Å²) in [6.07, 6.45) is 0. The SMILES string of the molecule is Cc1ccc(F)c(CN2CCN[C@@H](C)C2)c1. The largest absolute Gasteiger partial charge is 0.312 e. The highest BCUT2D eigenvalue weighted by Crippen LogP contribution is 2.13. The summed E-state index contributed by atoms with van der Waals surface area (Å²) in [6.45, 7) is 7.88. The molecule has 0 spiro atoms. The van der Waals surface area contributed by atoms with E-state index >= 15 is 0 Å². The van der Waals surface area contributed by atoms with Gasteiger partial charge in [-0.3, -0.25) is 4.90 Å². The highest BCUT2D eigenvalue weighted by atomic mass is 19.1. The lowest BCUT2D eigenvalue weighted by molar-refractivity contribution is 0.197. The van der Waals surface area contributed by atoms with Crippen molar-refractivity contribution in [1.29, 1.82) is 0 Å². The molecular formula is C13H19FN2. The van der Waals surface area contributed by atoms with E-state index < -0.39 is 0 Å². The number of halogens is 1. The van der Waals surface area contributed by atoms with Gasteiger partial charge in [0.2, 0.25) is 0 Å². The number of nitrogens with zero attached hydrogens (tertiary/aromatic N) is 1. The van der Waals surface area contributed by atoms with Crippen molar-refractivity contribution in [3.63, 3.8) is 0 Å². The summed E-state index contributed by atoms with van der Waals surface area (Å²) in [5, 5.41) is 3.39. The average molecular weight is 222 g/mol. The zero-order valence-electron chi connectivity index (χ0n) is 9.96. The molecule has 0 aromatic heterocycles. The van der Waals surface area contributed by atoms with Gasteiger partial charge >= 0.3 is 0 Å². The quantitative estimate of drug-likeness (QED) is 0.822. The molecule has 0 bridgehead atoms. The minimum absolute atomic E-state index is 0.0863.